The van der Waals surface area contributed by atoms with Crippen LogP contribution in [0.15, 0.2) is 48.7 Å². The number of hydrogen-bond donors (Lipinski definition) is 2. The van der Waals surface area contributed by atoms with Crippen LogP contribution in [0, 0.1) is 6.92 Å². The summed E-state index contributed by atoms with van der Waals surface area (Å²) in [7, 11) is 0. The molecule has 2 N–H and O–H groups in total. The first-order chi connectivity index (χ1) is 15.8. The van der Waals surface area contributed by atoms with Gasteiger partial charge in [-0.15, -0.1) is 0 Å². The van der Waals surface area contributed by atoms with Crippen molar-refractivity contribution in [2.75, 3.05) is 6.54 Å². The summed E-state index contributed by atoms with van der Waals surface area (Å²) in [4.78, 5) is 13.1. The molecule has 1 heterocycles. The molecule has 0 bridgehead atoms. The number of nitrogens with one attached hydrogen (secondary N) is 1. The van der Waals surface area contributed by atoms with Crippen LogP contribution in [0.25, 0.3) is 0 Å². The fourth-order valence-corrected chi connectivity index (χ4v) is 3.63. The van der Waals surface area contributed by atoms with Gasteiger partial charge in [0.1, 0.15) is 5.75 Å². The van der Waals surface area contributed by atoms with Gasteiger partial charge in [-0.3, -0.25) is 9.48 Å². The highest BCUT2D eigenvalue weighted by Crippen LogP contribution is 2.34. The number of carbonyl (C=O) groups is 1. The number of aliphatic hydroxyl groups is 1. The molecule has 0 saturated heterocycles. The van der Waals surface area contributed by atoms with Gasteiger partial charge < -0.3 is 15.2 Å². The van der Waals surface area contributed by atoms with Crippen LogP contribution in [0.3, 0.4) is 0 Å². The summed E-state index contributed by atoms with van der Waals surface area (Å²) in [6.45, 7) is 7.15. The van der Waals surface area contributed by atoms with E-state index < -0.39 is 29.3 Å². The molecule has 10 heteroatoms. The molecule has 0 saturated carbocycles. The summed E-state index contributed by atoms with van der Waals surface area (Å²) in [5.74, 6) is -0.727. The topological polar surface area (TPSA) is 76.4 Å². The molecular formula is C24H25ClF3N3O3. The maximum absolute atomic E-state index is 13.1. The summed E-state index contributed by atoms with van der Waals surface area (Å²) in [6, 6.07) is 9.52. The Morgan fingerprint density at radius 3 is 2.53 bits per heavy atom. The standard InChI is InChI=1S/C24H25ClF3N3O3/c1-14-8-9-17(18(25)10-14)19(32)12-29-22(33)21-20(13-30-31(21)23(2,3)4)34-16-7-5-6-15(11-16)24(26,27)28/h5-11,13,19,32H,12H2,1-4H3,(H,29,33). The summed E-state index contributed by atoms with van der Waals surface area (Å²) in [5.41, 5.74) is -0.127. The largest absolute Gasteiger partial charge is 0.453 e. The lowest BCUT2D eigenvalue weighted by Crippen LogP contribution is -2.34. The molecule has 3 aromatic rings. The number of aryl methyl sites for hydroxylation is 1. The highest BCUT2D eigenvalue weighted by molar-refractivity contribution is 6.31. The second-order valence-electron chi connectivity index (χ2n) is 8.82. The van der Waals surface area contributed by atoms with Gasteiger partial charge in [-0.05, 0) is 57.5 Å². The van der Waals surface area contributed by atoms with Gasteiger partial charge in [0.05, 0.1) is 23.4 Å². The highest BCUT2D eigenvalue weighted by atomic mass is 35.5. The van der Waals surface area contributed by atoms with Gasteiger partial charge in [-0.1, -0.05) is 29.8 Å². The van der Waals surface area contributed by atoms with Crippen molar-refractivity contribution in [1.82, 2.24) is 15.1 Å². The van der Waals surface area contributed by atoms with Crippen LogP contribution < -0.4 is 10.1 Å². The van der Waals surface area contributed by atoms with Crippen LogP contribution >= 0.6 is 11.6 Å². The molecular weight excluding hydrogens is 471 g/mol. The summed E-state index contributed by atoms with van der Waals surface area (Å²) in [6.07, 6.45) is -4.34. The Kier molecular flexibility index (Phi) is 7.28. The van der Waals surface area contributed by atoms with Crippen molar-refractivity contribution in [2.45, 2.75) is 45.5 Å². The number of ether oxygens (including phenoxy) is 1. The minimum Gasteiger partial charge on any atom is -0.453 e. The molecule has 6 nitrogen and oxygen atoms in total. The first kappa shape index (κ1) is 25.6. The number of halogens is 4. The van der Waals surface area contributed by atoms with E-state index in [1.54, 1.807) is 18.2 Å². The molecule has 0 aliphatic rings. The van der Waals surface area contributed by atoms with Crippen LogP contribution in [0.2, 0.25) is 5.02 Å². The fourth-order valence-electron chi connectivity index (χ4n) is 3.27. The zero-order valence-corrected chi connectivity index (χ0v) is 19.8. The maximum Gasteiger partial charge on any atom is 0.416 e. The zero-order valence-electron chi connectivity index (χ0n) is 19.1. The molecule has 1 atom stereocenters. The van der Waals surface area contributed by atoms with E-state index in [1.165, 1.54) is 23.0 Å². The number of aliphatic hydroxyl groups excluding tert-OH is 1. The van der Waals surface area contributed by atoms with Gasteiger partial charge in [0.2, 0.25) is 0 Å². The first-order valence-corrected chi connectivity index (χ1v) is 10.8. The first-order valence-electron chi connectivity index (χ1n) is 10.4. The van der Waals surface area contributed by atoms with Crippen molar-refractivity contribution in [3.05, 3.63) is 76.1 Å². The van der Waals surface area contributed by atoms with E-state index in [-0.39, 0.29) is 23.7 Å². The molecule has 0 fully saturated rings. The van der Waals surface area contributed by atoms with E-state index in [9.17, 15) is 23.1 Å². The van der Waals surface area contributed by atoms with Gasteiger partial charge in [0, 0.05) is 17.1 Å². The normalized spacial score (nSPS) is 13.0. The highest BCUT2D eigenvalue weighted by Gasteiger charge is 2.31. The lowest BCUT2D eigenvalue weighted by atomic mass is 10.1. The smallest absolute Gasteiger partial charge is 0.416 e. The lowest BCUT2D eigenvalue weighted by Gasteiger charge is -2.23. The Labute approximate surface area is 200 Å². The van der Waals surface area contributed by atoms with Gasteiger partial charge in [0.25, 0.3) is 5.91 Å². The monoisotopic (exact) mass is 495 g/mol. The lowest BCUT2D eigenvalue weighted by molar-refractivity contribution is -0.137. The SMILES string of the molecule is Cc1ccc(C(O)CNC(=O)c2c(Oc3cccc(C(F)(F)F)c3)cnn2C(C)(C)C)c(Cl)c1. The third-order valence-electron chi connectivity index (χ3n) is 4.95. The summed E-state index contributed by atoms with van der Waals surface area (Å²) >= 11 is 6.20. The van der Waals surface area contributed by atoms with Crippen LogP contribution in [0.1, 0.15) is 54.1 Å². The van der Waals surface area contributed by atoms with Gasteiger partial charge in [0.15, 0.2) is 11.4 Å². The van der Waals surface area contributed by atoms with Gasteiger partial charge in [-0.25, -0.2) is 0 Å². The van der Waals surface area contributed by atoms with E-state index in [1.807, 2.05) is 27.7 Å². The number of benzene rings is 2. The third-order valence-corrected chi connectivity index (χ3v) is 5.27. The average molecular weight is 496 g/mol. The van der Waals surface area contributed by atoms with Crippen LogP contribution in [-0.4, -0.2) is 27.3 Å². The van der Waals surface area contributed by atoms with Gasteiger partial charge >= 0.3 is 6.18 Å². The van der Waals surface area contributed by atoms with Crippen LogP contribution in [-0.2, 0) is 11.7 Å². The molecule has 1 unspecified atom stereocenters. The van der Waals surface area contributed by atoms with Crippen molar-refractivity contribution in [1.29, 1.82) is 0 Å². The van der Waals surface area contributed by atoms with Crippen molar-refractivity contribution in [2.24, 2.45) is 0 Å². The number of aromatic nitrogens is 2. The van der Waals surface area contributed by atoms with Crippen LogP contribution in [0.4, 0.5) is 13.2 Å². The van der Waals surface area contributed by atoms with Gasteiger partial charge in [-0.2, -0.15) is 18.3 Å². The molecule has 0 aliphatic carbocycles. The molecule has 1 aromatic heterocycles. The van der Waals surface area contributed by atoms with Crippen molar-refractivity contribution in [3.8, 4) is 11.5 Å². The quantitative estimate of drug-likeness (QED) is 0.448. The number of amides is 1. The maximum atomic E-state index is 13.1. The van der Waals surface area contributed by atoms with E-state index in [0.717, 1.165) is 17.7 Å². The zero-order chi connectivity index (χ0) is 25.3. The number of alkyl halides is 3. The molecule has 34 heavy (non-hydrogen) atoms. The van der Waals surface area contributed by atoms with Crippen LogP contribution in [0.5, 0.6) is 11.5 Å². The molecule has 1 amide bonds. The van der Waals surface area contributed by atoms with E-state index in [0.29, 0.717) is 10.6 Å². The molecule has 182 valence electrons. The Morgan fingerprint density at radius 2 is 1.91 bits per heavy atom. The molecule has 2 aromatic carbocycles. The second kappa shape index (κ2) is 9.68. The Balaban J connectivity index is 1.86. The predicted molar refractivity (Wildman–Crippen MR) is 122 cm³/mol. The van der Waals surface area contributed by atoms with E-state index in [4.69, 9.17) is 16.3 Å². The Bertz CT molecular complexity index is 1190. The molecule has 0 radical (unpaired) electrons. The minimum absolute atomic E-state index is 0.00659. The Hall–Kier alpha value is -3.04. The number of rotatable bonds is 6. The third kappa shape index (κ3) is 5.90. The van der Waals surface area contributed by atoms with Crippen molar-refractivity contribution < 1.29 is 27.8 Å². The number of hydrogen-bond acceptors (Lipinski definition) is 4. The van der Waals surface area contributed by atoms with Crippen molar-refractivity contribution in [3.63, 3.8) is 0 Å². The number of carbonyl (C=O) groups excluding carboxylic acids is 1. The molecule has 0 aliphatic heterocycles. The molecule has 0 spiro atoms. The van der Waals surface area contributed by atoms with E-state index >= 15 is 0 Å². The minimum atomic E-state index is -4.54. The van der Waals surface area contributed by atoms with Crippen molar-refractivity contribution >= 4 is 17.5 Å². The predicted octanol–water partition coefficient (Wildman–Crippen LogP) is 5.87. The average Bonchev–Trinajstić information content (AvgIpc) is 3.15. The second-order valence-corrected chi connectivity index (χ2v) is 9.23. The van der Waals surface area contributed by atoms with E-state index in [2.05, 4.69) is 10.4 Å². The Morgan fingerprint density at radius 1 is 1.21 bits per heavy atom. The molecule has 3 rings (SSSR count). The summed E-state index contributed by atoms with van der Waals surface area (Å²) < 4.78 is 46.3. The fraction of sp³-hybridized carbons (Fsp3) is 0.333. The summed E-state index contributed by atoms with van der Waals surface area (Å²) in [5, 5.41) is 17.7. The number of nitrogens with zero attached hydrogens (tertiary/aromatic N) is 2.